The number of hydrogen-bond donors (Lipinski definition) is 2. The lowest BCUT2D eigenvalue weighted by molar-refractivity contribution is 0.193. The van der Waals surface area contributed by atoms with E-state index in [1.807, 2.05) is 19.2 Å². The average molecular weight is 254 g/mol. The van der Waals surface area contributed by atoms with E-state index in [2.05, 4.69) is 4.90 Å². The number of nitrogen functional groups attached to an aromatic ring is 1. The molecule has 1 aliphatic heterocycles. The van der Waals surface area contributed by atoms with Gasteiger partial charge >= 0.3 is 0 Å². The number of likely N-dealkylation sites (N-methyl/N-ethyl adjacent to an activating group) is 1. The number of anilines is 1. The highest BCUT2D eigenvalue weighted by molar-refractivity contribution is 6.34. The second-order valence-corrected chi connectivity index (χ2v) is 4.61. The number of nitrogens with one attached hydrogen (secondary N) is 1. The fraction of sp³-hybridized carbons (Fsp3) is 0.417. The van der Waals surface area contributed by atoms with Crippen LogP contribution < -0.4 is 10.6 Å². The highest BCUT2D eigenvalue weighted by atomic mass is 35.5. The Hall–Kier alpha value is -1.26. The molecule has 17 heavy (non-hydrogen) atoms. The first-order valence-electron chi connectivity index (χ1n) is 5.54. The molecule has 0 amide bonds. The monoisotopic (exact) mass is 253 g/mol. The van der Waals surface area contributed by atoms with E-state index < -0.39 is 0 Å². The number of amidine groups is 1. The van der Waals surface area contributed by atoms with Crippen molar-refractivity contribution >= 4 is 23.1 Å². The Bertz CT molecular complexity index is 430. The van der Waals surface area contributed by atoms with Gasteiger partial charge in [-0.2, -0.15) is 0 Å². The van der Waals surface area contributed by atoms with Crippen molar-refractivity contribution in [3.05, 3.63) is 28.8 Å². The fourth-order valence-electron chi connectivity index (χ4n) is 1.98. The van der Waals surface area contributed by atoms with Crippen molar-refractivity contribution in [1.82, 2.24) is 0 Å². The van der Waals surface area contributed by atoms with Gasteiger partial charge in [0.1, 0.15) is 5.84 Å². The first-order valence-corrected chi connectivity index (χ1v) is 5.92. The largest absolute Gasteiger partial charge is 0.384 e. The van der Waals surface area contributed by atoms with Crippen LogP contribution in [0.3, 0.4) is 0 Å². The molecule has 4 nitrogen and oxygen atoms in total. The Morgan fingerprint density at radius 3 is 2.88 bits per heavy atom. The zero-order chi connectivity index (χ0) is 12.4. The first kappa shape index (κ1) is 12.2. The molecule has 1 saturated heterocycles. The van der Waals surface area contributed by atoms with Gasteiger partial charge in [0, 0.05) is 24.9 Å². The normalized spacial score (nSPS) is 19.3. The van der Waals surface area contributed by atoms with Crippen LogP contribution in [0.2, 0.25) is 5.02 Å². The minimum Gasteiger partial charge on any atom is -0.384 e. The number of hydrogen-bond acceptors (Lipinski definition) is 3. The Kier molecular flexibility index (Phi) is 3.54. The molecular weight excluding hydrogens is 238 g/mol. The zero-order valence-corrected chi connectivity index (χ0v) is 10.5. The summed E-state index contributed by atoms with van der Waals surface area (Å²) in [6.07, 6.45) is 1.03. The Balaban J connectivity index is 2.21. The summed E-state index contributed by atoms with van der Waals surface area (Å²) in [5.41, 5.74) is 7.03. The van der Waals surface area contributed by atoms with E-state index in [4.69, 9.17) is 27.5 Å². The number of ether oxygens (including phenoxy) is 1. The fourth-order valence-corrected chi connectivity index (χ4v) is 2.26. The standard InChI is InChI=1S/C12H16ClN3O/c1-16(9-4-5-17-7-9)8-2-3-10(12(14)15)11(13)6-8/h2-3,6,9H,4-5,7H2,1H3,(H3,14,15). The molecule has 92 valence electrons. The van der Waals surface area contributed by atoms with E-state index >= 15 is 0 Å². The molecule has 2 rings (SSSR count). The minimum atomic E-state index is -0.00611. The van der Waals surface area contributed by atoms with E-state index in [1.54, 1.807) is 6.07 Å². The lowest BCUT2D eigenvalue weighted by Crippen LogP contribution is -2.31. The van der Waals surface area contributed by atoms with Crippen LogP contribution in [0.5, 0.6) is 0 Å². The average Bonchev–Trinajstić information content (AvgIpc) is 2.80. The Labute approximate surface area is 106 Å². The van der Waals surface area contributed by atoms with Gasteiger partial charge in [0.05, 0.1) is 17.7 Å². The van der Waals surface area contributed by atoms with Gasteiger partial charge in [-0.25, -0.2) is 0 Å². The summed E-state index contributed by atoms with van der Waals surface area (Å²) in [5, 5.41) is 7.90. The predicted octanol–water partition coefficient (Wildman–Crippen LogP) is 1.85. The van der Waals surface area contributed by atoms with Crippen LogP contribution in [-0.4, -0.2) is 32.1 Å². The molecule has 0 spiro atoms. The summed E-state index contributed by atoms with van der Waals surface area (Å²) in [6.45, 7) is 1.57. The second-order valence-electron chi connectivity index (χ2n) is 4.21. The van der Waals surface area contributed by atoms with Crippen LogP contribution >= 0.6 is 11.6 Å². The molecule has 0 aliphatic carbocycles. The van der Waals surface area contributed by atoms with E-state index in [0.29, 0.717) is 16.6 Å². The van der Waals surface area contributed by atoms with Gasteiger partial charge in [-0.1, -0.05) is 11.6 Å². The molecular formula is C12H16ClN3O. The van der Waals surface area contributed by atoms with E-state index in [-0.39, 0.29) is 5.84 Å². The molecule has 1 aromatic rings. The third-order valence-electron chi connectivity index (χ3n) is 3.10. The van der Waals surface area contributed by atoms with Crippen molar-refractivity contribution in [2.45, 2.75) is 12.5 Å². The summed E-state index contributed by atoms with van der Waals surface area (Å²) < 4.78 is 5.36. The third kappa shape index (κ3) is 2.53. The number of nitrogens with two attached hydrogens (primary N) is 1. The van der Waals surface area contributed by atoms with Crippen molar-refractivity contribution < 1.29 is 4.74 Å². The van der Waals surface area contributed by atoms with Gasteiger partial charge < -0.3 is 15.4 Å². The van der Waals surface area contributed by atoms with Crippen LogP contribution in [0.4, 0.5) is 5.69 Å². The van der Waals surface area contributed by atoms with E-state index in [1.165, 1.54) is 0 Å². The lowest BCUT2D eigenvalue weighted by atomic mass is 10.1. The maximum absolute atomic E-state index is 7.38. The summed E-state index contributed by atoms with van der Waals surface area (Å²) in [5.74, 6) is -0.00611. The maximum atomic E-state index is 7.38. The predicted molar refractivity (Wildman–Crippen MR) is 70.1 cm³/mol. The van der Waals surface area contributed by atoms with Crippen molar-refractivity contribution in [2.75, 3.05) is 25.2 Å². The topological polar surface area (TPSA) is 62.3 Å². The first-order chi connectivity index (χ1) is 8.09. The number of halogens is 1. The molecule has 0 bridgehead atoms. The Morgan fingerprint density at radius 2 is 2.35 bits per heavy atom. The van der Waals surface area contributed by atoms with E-state index in [0.717, 1.165) is 25.3 Å². The number of benzene rings is 1. The molecule has 3 N–H and O–H groups in total. The van der Waals surface area contributed by atoms with Crippen LogP contribution in [0.1, 0.15) is 12.0 Å². The number of nitrogens with zero attached hydrogens (tertiary/aromatic N) is 1. The number of rotatable bonds is 3. The molecule has 0 saturated carbocycles. The van der Waals surface area contributed by atoms with Gasteiger partial charge in [-0.15, -0.1) is 0 Å². The quantitative estimate of drug-likeness (QED) is 0.638. The van der Waals surface area contributed by atoms with Crippen LogP contribution in [0.25, 0.3) is 0 Å². The minimum absolute atomic E-state index is 0.00611. The molecule has 1 atom stereocenters. The van der Waals surface area contributed by atoms with Gasteiger partial charge in [-0.05, 0) is 24.6 Å². The molecule has 0 radical (unpaired) electrons. The summed E-state index contributed by atoms with van der Waals surface area (Å²) in [7, 11) is 2.03. The Morgan fingerprint density at radius 1 is 1.59 bits per heavy atom. The van der Waals surface area contributed by atoms with Gasteiger partial charge in [0.15, 0.2) is 0 Å². The third-order valence-corrected chi connectivity index (χ3v) is 3.42. The molecule has 0 aromatic heterocycles. The van der Waals surface area contributed by atoms with E-state index in [9.17, 15) is 0 Å². The molecule has 1 aliphatic rings. The molecule has 1 unspecified atom stereocenters. The molecule has 5 heteroatoms. The van der Waals surface area contributed by atoms with Crippen LogP contribution in [0, 0.1) is 5.41 Å². The van der Waals surface area contributed by atoms with Gasteiger partial charge in [-0.3, -0.25) is 5.41 Å². The molecule has 1 aromatic carbocycles. The van der Waals surface area contributed by atoms with Crippen molar-refractivity contribution in [3.8, 4) is 0 Å². The second kappa shape index (κ2) is 4.94. The van der Waals surface area contributed by atoms with Crippen molar-refractivity contribution in [2.24, 2.45) is 5.73 Å². The zero-order valence-electron chi connectivity index (χ0n) is 9.74. The van der Waals surface area contributed by atoms with Gasteiger partial charge in [0.2, 0.25) is 0 Å². The molecule has 1 fully saturated rings. The lowest BCUT2D eigenvalue weighted by Gasteiger charge is -2.25. The van der Waals surface area contributed by atoms with Crippen LogP contribution in [-0.2, 0) is 4.74 Å². The van der Waals surface area contributed by atoms with Crippen molar-refractivity contribution in [3.63, 3.8) is 0 Å². The summed E-state index contributed by atoms with van der Waals surface area (Å²) >= 11 is 6.10. The maximum Gasteiger partial charge on any atom is 0.124 e. The summed E-state index contributed by atoms with van der Waals surface area (Å²) in [6, 6.07) is 5.96. The SMILES string of the molecule is CN(c1ccc(C(=N)N)c(Cl)c1)C1CCOC1. The van der Waals surface area contributed by atoms with Gasteiger partial charge in [0.25, 0.3) is 0 Å². The highest BCUT2D eigenvalue weighted by Crippen LogP contribution is 2.25. The molecule has 1 heterocycles. The summed E-state index contributed by atoms with van der Waals surface area (Å²) in [4.78, 5) is 2.16. The van der Waals surface area contributed by atoms with Crippen LogP contribution in [0.15, 0.2) is 18.2 Å². The smallest absolute Gasteiger partial charge is 0.124 e. The van der Waals surface area contributed by atoms with Crippen molar-refractivity contribution in [1.29, 1.82) is 5.41 Å². The highest BCUT2D eigenvalue weighted by Gasteiger charge is 2.21.